The summed E-state index contributed by atoms with van der Waals surface area (Å²) in [5.41, 5.74) is 13.9. The molecule has 10 aromatic carbocycles. The highest BCUT2D eigenvalue weighted by molar-refractivity contribution is 6.12. The lowest BCUT2D eigenvalue weighted by atomic mass is 9.97. The summed E-state index contributed by atoms with van der Waals surface area (Å²) in [7, 11) is 0. The first kappa shape index (κ1) is 34.8. The third-order valence-corrected chi connectivity index (χ3v) is 12.0. The van der Waals surface area contributed by atoms with E-state index in [1.165, 1.54) is 43.7 Å². The van der Waals surface area contributed by atoms with Crippen LogP contribution in [0, 0.1) is 0 Å². The van der Waals surface area contributed by atoms with Gasteiger partial charge in [0, 0.05) is 44.5 Å². The van der Waals surface area contributed by atoms with Gasteiger partial charge in [-0.2, -0.15) is 0 Å². The summed E-state index contributed by atoms with van der Waals surface area (Å²) in [4.78, 5) is 7.27. The smallest absolute Gasteiger partial charge is 0.227 e. The monoisotopic (exact) mass is 779 g/mol. The lowest BCUT2D eigenvalue weighted by molar-refractivity contribution is 0.623. The fourth-order valence-electron chi connectivity index (χ4n) is 9.16. The van der Waals surface area contributed by atoms with Crippen molar-refractivity contribution in [3.05, 3.63) is 224 Å². The molecule has 0 atom stereocenters. The molecule has 0 aliphatic rings. The Balaban J connectivity index is 1.00. The number of para-hydroxylation sites is 2. The second-order valence-electron chi connectivity index (χ2n) is 15.5. The van der Waals surface area contributed by atoms with E-state index in [0.29, 0.717) is 5.89 Å². The van der Waals surface area contributed by atoms with Crippen molar-refractivity contribution < 1.29 is 4.42 Å². The molecule has 61 heavy (non-hydrogen) atoms. The molecule has 0 saturated heterocycles. The number of anilines is 3. The Labute approximate surface area is 352 Å². The van der Waals surface area contributed by atoms with Gasteiger partial charge in [-0.05, 0) is 117 Å². The molecule has 12 rings (SSSR count). The van der Waals surface area contributed by atoms with Gasteiger partial charge in [-0.25, -0.2) is 4.98 Å². The predicted octanol–water partition coefficient (Wildman–Crippen LogP) is 15.7. The minimum absolute atomic E-state index is 0.624. The highest BCUT2D eigenvalue weighted by Gasteiger charge is 2.19. The van der Waals surface area contributed by atoms with Crippen molar-refractivity contribution in [2.45, 2.75) is 0 Å². The molecule has 4 heteroatoms. The second-order valence-corrected chi connectivity index (χ2v) is 15.5. The minimum Gasteiger partial charge on any atom is -0.435 e. The Morgan fingerprint density at radius 1 is 0.393 bits per heavy atom. The summed E-state index contributed by atoms with van der Waals surface area (Å²) >= 11 is 0. The fraction of sp³-hybridized carbons (Fsp3) is 0. The Morgan fingerprint density at radius 3 is 1.75 bits per heavy atom. The van der Waals surface area contributed by atoms with Crippen LogP contribution in [0.2, 0.25) is 0 Å². The molecule has 0 N–H and O–H groups in total. The zero-order chi connectivity index (χ0) is 40.3. The maximum atomic E-state index is 6.55. The van der Waals surface area contributed by atoms with E-state index in [0.717, 1.165) is 61.3 Å². The molecule has 12 aromatic rings. The summed E-state index contributed by atoms with van der Waals surface area (Å²) < 4.78 is 8.91. The van der Waals surface area contributed by atoms with Crippen molar-refractivity contribution in [3.63, 3.8) is 0 Å². The van der Waals surface area contributed by atoms with Crippen LogP contribution in [0.25, 0.3) is 93.8 Å². The van der Waals surface area contributed by atoms with Gasteiger partial charge < -0.3 is 13.9 Å². The first-order chi connectivity index (χ1) is 30.2. The first-order valence-corrected chi connectivity index (χ1v) is 20.7. The molecule has 0 radical (unpaired) electrons. The number of rotatable bonds is 7. The predicted molar refractivity (Wildman–Crippen MR) is 254 cm³/mol. The molecule has 0 saturated carbocycles. The number of fused-ring (bicyclic) bond motifs is 7. The Hall–Kier alpha value is -8.21. The average molecular weight is 780 g/mol. The van der Waals surface area contributed by atoms with E-state index in [1.54, 1.807) is 0 Å². The van der Waals surface area contributed by atoms with Gasteiger partial charge in [0.1, 0.15) is 5.52 Å². The lowest BCUT2D eigenvalue weighted by Gasteiger charge is -2.26. The highest BCUT2D eigenvalue weighted by Crippen LogP contribution is 2.42. The lowest BCUT2D eigenvalue weighted by Crippen LogP contribution is -2.10. The molecule has 0 spiro atoms. The van der Waals surface area contributed by atoms with Crippen LogP contribution >= 0.6 is 0 Å². The van der Waals surface area contributed by atoms with Gasteiger partial charge in [0.25, 0.3) is 0 Å². The molecule has 0 aliphatic carbocycles. The molecule has 286 valence electrons. The summed E-state index contributed by atoms with van der Waals surface area (Å²) in [6.07, 6.45) is 0. The quantitative estimate of drug-likeness (QED) is 0.162. The number of aromatic nitrogens is 2. The molecule has 0 aliphatic heterocycles. The van der Waals surface area contributed by atoms with Gasteiger partial charge in [-0.3, -0.25) is 0 Å². The Morgan fingerprint density at radius 2 is 0.984 bits per heavy atom. The van der Waals surface area contributed by atoms with Crippen molar-refractivity contribution in [2.24, 2.45) is 0 Å². The highest BCUT2D eigenvalue weighted by atomic mass is 16.3. The van der Waals surface area contributed by atoms with Gasteiger partial charge in [0.2, 0.25) is 5.89 Å². The number of hydrogen-bond acceptors (Lipinski definition) is 3. The normalized spacial score (nSPS) is 11.6. The molecule has 0 unspecified atom stereocenters. The summed E-state index contributed by atoms with van der Waals surface area (Å²) in [6, 6.07) is 80.0. The van der Waals surface area contributed by atoms with Crippen LogP contribution in [0.4, 0.5) is 17.1 Å². The summed E-state index contributed by atoms with van der Waals surface area (Å²) in [5.74, 6) is 0.624. The number of nitrogens with zero attached hydrogens (tertiary/aromatic N) is 3. The summed E-state index contributed by atoms with van der Waals surface area (Å²) in [5, 5.41) is 7.07. The van der Waals surface area contributed by atoms with E-state index in [9.17, 15) is 0 Å². The number of hydrogen-bond donors (Lipinski definition) is 0. The van der Waals surface area contributed by atoms with Crippen LogP contribution in [-0.4, -0.2) is 9.55 Å². The van der Waals surface area contributed by atoms with Crippen molar-refractivity contribution in [3.8, 4) is 39.4 Å². The molecular formula is C57H37N3O. The van der Waals surface area contributed by atoms with Crippen molar-refractivity contribution >= 4 is 71.5 Å². The molecule has 2 aromatic heterocycles. The maximum absolute atomic E-state index is 6.55. The van der Waals surface area contributed by atoms with E-state index < -0.39 is 0 Å². The van der Waals surface area contributed by atoms with Crippen LogP contribution in [0.3, 0.4) is 0 Å². The zero-order valence-electron chi connectivity index (χ0n) is 33.1. The molecule has 4 nitrogen and oxygen atoms in total. The van der Waals surface area contributed by atoms with Gasteiger partial charge in [-0.15, -0.1) is 0 Å². The molecule has 0 amide bonds. The largest absolute Gasteiger partial charge is 0.435 e. The van der Waals surface area contributed by atoms with Crippen LogP contribution < -0.4 is 4.90 Å². The Kier molecular flexibility index (Phi) is 8.13. The van der Waals surface area contributed by atoms with E-state index in [2.05, 4.69) is 204 Å². The van der Waals surface area contributed by atoms with E-state index in [4.69, 9.17) is 9.40 Å². The minimum atomic E-state index is 0.624. The third-order valence-electron chi connectivity index (χ3n) is 12.0. The SMILES string of the molecule is c1ccc(-c2nc3ccc4cccc(-c5ccc(N(c6ccc(-c7cccc8ccccc78)cc6)c6ccc7c(c6)c6ccccc6n7-c6ccccc6)cc5)c4c3o2)cc1. The van der Waals surface area contributed by atoms with Crippen LogP contribution in [-0.2, 0) is 0 Å². The molecule has 2 heterocycles. The van der Waals surface area contributed by atoms with Gasteiger partial charge in [0.05, 0.1) is 11.0 Å². The van der Waals surface area contributed by atoms with E-state index in [-0.39, 0.29) is 0 Å². The van der Waals surface area contributed by atoms with Gasteiger partial charge in [0.15, 0.2) is 5.58 Å². The molecule has 0 fully saturated rings. The van der Waals surface area contributed by atoms with Gasteiger partial charge >= 0.3 is 0 Å². The van der Waals surface area contributed by atoms with E-state index in [1.807, 2.05) is 30.3 Å². The fourth-order valence-corrected chi connectivity index (χ4v) is 9.16. The van der Waals surface area contributed by atoms with Crippen molar-refractivity contribution in [2.75, 3.05) is 4.90 Å². The topological polar surface area (TPSA) is 34.2 Å². The van der Waals surface area contributed by atoms with Crippen LogP contribution in [0.15, 0.2) is 229 Å². The standard InChI is InChI=1S/C57H37N3O/c1-3-14-42(15-4-1)57-58-52-35-29-41-17-12-23-49(55(41)56(52)61-57)40-27-32-45(33-28-40)59(44-30-25-39(26-31-44)48-22-11-16-38-13-7-8-20-47(38)48)46-34-36-54-51(37-46)50-21-9-10-24-53(50)60(54)43-18-5-2-6-19-43/h1-37H. The van der Waals surface area contributed by atoms with E-state index >= 15 is 0 Å². The Bertz CT molecular complexity index is 3560. The zero-order valence-corrected chi connectivity index (χ0v) is 33.1. The number of benzene rings is 10. The maximum Gasteiger partial charge on any atom is 0.227 e. The van der Waals surface area contributed by atoms with Crippen LogP contribution in [0.1, 0.15) is 0 Å². The first-order valence-electron chi connectivity index (χ1n) is 20.7. The molecule has 0 bridgehead atoms. The second kappa shape index (κ2) is 14.3. The van der Waals surface area contributed by atoms with Crippen LogP contribution in [0.5, 0.6) is 0 Å². The molecular weight excluding hydrogens is 743 g/mol. The number of oxazole rings is 1. The van der Waals surface area contributed by atoms with Crippen molar-refractivity contribution in [1.29, 1.82) is 0 Å². The third kappa shape index (κ3) is 5.88. The summed E-state index contributed by atoms with van der Waals surface area (Å²) in [6.45, 7) is 0. The van der Waals surface area contributed by atoms with Gasteiger partial charge in [-0.1, -0.05) is 146 Å². The van der Waals surface area contributed by atoms with Crippen molar-refractivity contribution in [1.82, 2.24) is 9.55 Å². The average Bonchev–Trinajstić information content (AvgIpc) is 3.92.